The van der Waals surface area contributed by atoms with E-state index >= 15 is 0 Å². The first-order valence-electron chi connectivity index (χ1n) is 9.80. The lowest BCUT2D eigenvalue weighted by Gasteiger charge is -2.27. The lowest BCUT2D eigenvalue weighted by Crippen LogP contribution is -2.37. The van der Waals surface area contributed by atoms with Gasteiger partial charge < -0.3 is 14.9 Å². The summed E-state index contributed by atoms with van der Waals surface area (Å²) in [6.45, 7) is 8.81. The molecule has 0 saturated carbocycles. The minimum absolute atomic E-state index is 0.0866. The zero-order valence-corrected chi connectivity index (χ0v) is 19.4. The number of Topliss-reactive ketones (excluding diaryl/α,β-unsaturated/α-hetero) is 1. The third-order valence-electron chi connectivity index (χ3n) is 5.43. The maximum absolute atomic E-state index is 13.0. The van der Waals surface area contributed by atoms with Crippen LogP contribution in [0.3, 0.4) is 0 Å². The molecule has 2 aromatic rings. The number of ketones is 1. The lowest BCUT2D eigenvalue weighted by molar-refractivity contribution is -0.140. The van der Waals surface area contributed by atoms with Crippen molar-refractivity contribution >= 4 is 52.0 Å². The molecule has 1 fully saturated rings. The van der Waals surface area contributed by atoms with Crippen LogP contribution in [0.5, 0.6) is 0 Å². The summed E-state index contributed by atoms with van der Waals surface area (Å²) in [5, 5.41) is 13.6. The Morgan fingerprint density at radius 1 is 1.17 bits per heavy atom. The van der Waals surface area contributed by atoms with Crippen LogP contribution in [0.25, 0.3) is 5.76 Å². The van der Waals surface area contributed by atoms with Crippen molar-refractivity contribution in [1.29, 1.82) is 0 Å². The Bertz CT molecular complexity index is 998. The summed E-state index contributed by atoms with van der Waals surface area (Å²) in [5.74, 6) is -1.52. The fourth-order valence-electron chi connectivity index (χ4n) is 3.64. The van der Waals surface area contributed by atoms with E-state index in [2.05, 4.69) is 18.7 Å². The fourth-order valence-corrected chi connectivity index (χ4v) is 4.98. The van der Waals surface area contributed by atoms with Crippen molar-refractivity contribution in [2.75, 3.05) is 26.2 Å². The molecular formula is C22H24Cl2N2O3S. The van der Waals surface area contributed by atoms with Crippen LogP contribution in [-0.2, 0) is 9.59 Å². The predicted molar refractivity (Wildman–Crippen MR) is 122 cm³/mol. The third kappa shape index (κ3) is 4.28. The summed E-state index contributed by atoms with van der Waals surface area (Å²) in [6.07, 6.45) is 0. The highest BCUT2D eigenvalue weighted by molar-refractivity contribution is 7.10. The van der Waals surface area contributed by atoms with Gasteiger partial charge in [0.15, 0.2) is 0 Å². The van der Waals surface area contributed by atoms with Crippen molar-refractivity contribution in [2.45, 2.75) is 26.8 Å². The van der Waals surface area contributed by atoms with Gasteiger partial charge in [0.2, 0.25) is 0 Å². The van der Waals surface area contributed by atoms with E-state index in [1.54, 1.807) is 17.0 Å². The number of carbonyl (C=O) groups is 2. The lowest BCUT2D eigenvalue weighted by atomic mass is 9.98. The van der Waals surface area contributed by atoms with Crippen LogP contribution in [0.4, 0.5) is 0 Å². The highest BCUT2D eigenvalue weighted by atomic mass is 35.5. The molecule has 1 saturated heterocycles. The zero-order valence-electron chi connectivity index (χ0n) is 17.1. The number of likely N-dealkylation sites (N-methyl/N-ethyl adjacent to an activating group) is 1. The van der Waals surface area contributed by atoms with Crippen LogP contribution < -0.4 is 0 Å². The van der Waals surface area contributed by atoms with Gasteiger partial charge in [-0.3, -0.25) is 9.59 Å². The van der Waals surface area contributed by atoms with E-state index in [4.69, 9.17) is 23.2 Å². The van der Waals surface area contributed by atoms with Crippen LogP contribution in [0.2, 0.25) is 10.0 Å². The van der Waals surface area contributed by atoms with E-state index in [0.29, 0.717) is 23.7 Å². The van der Waals surface area contributed by atoms with Crippen molar-refractivity contribution in [3.8, 4) is 0 Å². The number of hydrogen-bond donors (Lipinski definition) is 1. The minimum Gasteiger partial charge on any atom is -0.507 e. The summed E-state index contributed by atoms with van der Waals surface area (Å²) in [5.41, 5.74) is 1.41. The number of aryl methyl sites for hydroxylation is 1. The van der Waals surface area contributed by atoms with Gasteiger partial charge >= 0.3 is 0 Å². The first kappa shape index (κ1) is 22.8. The van der Waals surface area contributed by atoms with E-state index in [1.165, 1.54) is 17.4 Å². The number of aliphatic hydroxyl groups is 1. The predicted octanol–water partition coefficient (Wildman–Crippen LogP) is 5.13. The number of likely N-dealkylation sites (tertiary alicyclic amines) is 1. The van der Waals surface area contributed by atoms with Crippen LogP contribution >= 0.6 is 34.5 Å². The van der Waals surface area contributed by atoms with E-state index in [-0.39, 0.29) is 16.4 Å². The molecule has 1 N–H and O–H groups in total. The Balaban J connectivity index is 2.10. The van der Waals surface area contributed by atoms with Gasteiger partial charge in [0.1, 0.15) is 5.76 Å². The molecule has 0 radical (unpaired) electrons. The molecule has 1 aliphatic heterocycles. The van der Waals surface area contributed by atoms with E-state index in [9.17, 15) is 14.7 Å². The average Bonchev–Trinajstić information content (AvgIpc) is 3.25. The van der Waals surface area contributed by atoms with Crippen molar-refractivity contribution in [3.05, 3.63) is 61.3 Å². The molecule has 0 spiro atoms. The molecular weight excluding hydrogens is 443 g/mol. The third-order valence-corrected chi connectivity index (χ3v) is 7.24. The van der Waals surface area contributed by atoms with Crippen molar-refractivity contribution < 1.29 is 14.7 Å². The number of hydrogen-bond acceptors (Lipinski definition) is 5. The number of rotatable bonds is 7. The first-order chi connectivity index (χ1) is 14.3. The zero-order chi connectivity index (χ0) is 22.0. The van der Waals surface area contributed by atoms with Crippen LogP contribution in [0.1, 0.15) is 35.9 Å². The van der Waals surface area contributed by atoms with Gasteiger partial charge in [-0.25, -0.2) is 0 Å². The SMILES string of the molecule is CCN(CC)CCN1C(=O)C(=O)/C(=C(\O)c2ccc(Cl)c(Cl)c2)C1c1sccc1C. The van der Waals surface area contributed by atoms with Gasteiger partial charge in [-0.05, 0) is 55.2 Å². The number of benzene rings is 1. The minimum atomic E-state index is -0.684. The Hall–Kier alpha value is -1.86. The van der Waals surface area contributed by atoms with E-state index in [1.807, 2.05) is 18.4 Å². The molecule has 5 nitrogen and oxygen atoms in total. The quantitative estimate of drug-likeness (QED) is 0.349. The molecule has 3 rings (SSSR count). The molecule has 1 amide bonds. The second-order valence-corrected chi connectivity index (χ2v) is 8.88. The van der Waals surface area contributed by atoms with Crippen molar-refractivity contribution in [1.82, 2.24) is 9.80 Å². The number of thiophene rings is 1. The number of amides is 1. The van der Waals surface area contributed by atoms with Gasteiger partial charge in [0.05, 0.1) is 21.7 Å². The van der Waals surface area contributed by atoms with Crippen molar-refractivity contribution in [2.24, 2.45) is 0 Å². The van der Waals surface area contributed by atoms with E-state index < -0.39 is 17.7 Å². The smallest absolute Gasteiger partial charge is 0.295 e. The Kier molecular flexibility index (Phi) is 7.24. The van der Waals surface area contributed by atoms with Gasteiger partial charge in [-0.15, -0.1) is 11.3 Å². The first-order valence-corrected chi connectivity index (χ1v) is 11.4. The maximum Gasteiger partial charge on any atom is 0.295 e. The summed E-state index contributed by atoms with van der Waals surface area (Å²) in [7, 11) is 0. The highest BCUT2D eigenvalue weighted by Gasteiger charge is 2.46. The summed E-state index contributed by atoms with van der Waals surface area (Å²) < 4.78 is 0. The van der Waals surface area contributed by atoms with Crippen LogP contribution in [0.15, 0.2) is 35.2 Å². The second kappa shape index (κ2) is 9.52. The fraction of sp³-hybridized carbons (Fsp3) is 0.364. The van der Waals surface area contributed by atoms with E-state index in [0.717, 1.165) is 23.5 Å². The molecule has 1 aliphatic rings. The van der Waals surface area contributed by atoms with Gasteiger partial charge in [-0.2, -0.15) is 0 Å². The molecule has 1 aromatic carbocycles. The van der Waals surface area contributed by atoms with Crippen LogP contribution in [0, 0.1) is 6.92 Å². The Labute approximate surface area is 190 Å². The number of aliphatic hydroxyl groups excluding tert-OH is 1. The standard InChI is InChI=1S/C22H24Cl2N2O3S/c1-4-25(5-2)9-10-26-18(21-13(3)8-11-30-21)17(20(28)22(26)29)19(27)14-6-7-15(23)16(24)12-14/h6-8,11-12,18,27H,4-5,9-10H2,1-3H3/b19-17-. The van der Waals surface area contributed by atoms with Gasteiger partial charge in [0, 0.05) is 23.5 Å². The normalized spacial score (nSPS) is 18.6. The molecule has 2 heterocycles. The molecule has 0 aliphatic carbocycles. The summed E-state index contributed by atoms with van der Waals surface area (Å²) in [6, 6.07) is 5.96. The number of nitrogens with zero attached hydrogens (tertiary/aromatic N) is 2. The Morgan fingerprint density at radius 2 is 1.87 bits per heavy atom. The molecule has 1 unspecified atom stereocenters. The molecule has 8 heteroatoms. The average molecular weight is 467 g/mol. The summed E-state index contributed by atoms with van der Waals surface area (Å²) >= 11 is 13.6. The van der Waals surface area contributed by atoms with Gasteiger partial charge in [0.25, 0.3) is 11.7 Å². The highest BCUT2D eigenvalue weighted by Crippen LogP contribution is 2.42. The second-order valence-electron chi connectivity index (χ2n) is 7.12. The van der Waals surface area contributed by atoms with Crippen molar-refractivity contribution in [3.63, 3.8) is 0 Å². The molecule has 0 bridgehead atoms. The van der Waals surface area contributed by atoms with Crippen LogP contribution in [-0.4, -0.2) is 52.8 Å². The largest absolute Gasteiger partial charge is 0.507 e. The molecule has 30 heavy (non-hydrogen) atoms. The Morgan fingerprint density at radius 3 is 2.43 bits per heavy atom. The molecule has 1 atom stereocenters. The number of halogens is 2. The maximum atomic E-state index is 13.0. The topological polar surface area (TPSA) is 60.9 Å². The molecule has 160 valence electrons. The monoisotopic (exact) mass is 466 g/mol. The number of carbonyl (C=O) groups excluding carboxylic acids is 2. The van der Waals surface area contributed by atoms with Gasteiger partial charge in [-0.1, -0.05) is 37.0 Å². The summed E-state index contributed by atoms with van der Waals surface area (Å²) in [4.78, 5) is 30.6. The molecule has 1 aromatic heterocycles.